The molecule has 254 valence electrons. The Bertz CT molecular complexity index is 3150. The molecule has 10 aromatic rings. The Labute approximate surface area is 315 Å². The molecule has 0 atom stereocenters. The lowest BCUT2D eigenvalue weighted by atomic mass is 9.82. The Morgan fingerprint density at radius 2 is 0.907 bits per heavy atom. The summed E-state index contributed by atoms with van der Waals surface area (Å²) >= 11 is 0. The zero-order valence-electron chi connectivity index (χ0n) is 30.3. The van der Waals surface area contributed by atoms with E-state index >= 15 is 0 Å². The van der Waals surface area contributed by atoms with Gasteiger partial charge in [-0.3, -0.25) is 0 Å². The molecule has 0 N–H and O–H groups in total. The van der Waals surface area contributed by atoms with Crippen molar-refractivity contribution in [3.05, 3.63) is 199 Å². The molecule has 0 aromatic heterocycles. The lowest BCUT2D eigenvalue weighted by molar-refractivity contribution is 0.661. The van der Waals surface area contributed by atoms with Crippen LogP contribution < -0.4 is 4.90 Å². The minimum Gasteiger partial charge on any atom is -0.309 e. The highest BCUT2D eigenvalue weighted by molar-refractivity contribution is 6.17. The Morgan fingerprint density at radius 3 is 1.69 bits per heavy atom. The van der Waals surface area contributed by atoms with E-state index in [2.05, 4.69) is 207 Å². The Hall–Kier alpha value is -6.70. The number of rotatable bonds is 4. The number of nitrogens with zero attached hydrogens (tertiary/aromatic N) is 1. The summed E-state index contributed by atoms with van der Waals surface area (Å²) in [6.07, 6.45) is 0. The van der Waals surface area contributed by atoms with Gasteiger partial charge in [0, 0.05) is 21.9 Å². The van der Waals surface area contributed by atoms with Gasteiger partial charge in [0.05, 0.1) is 17.1 Å². The van der Waals surface area contributed by atoms with E-state index < -0.39 is 0 Å². The van der Waals surface area contributed by atoms with Crippen molar-refractivity contribution in [2.75, 3.05) is 4.90 Å². The molecule has 0 heterocycles. The van der Waals surface area contributed by atoms with Crippen LogP contribution in [0.4, 0.5) is 17.1 Å². The van der Waals surface area contributed by atoms with Gasteiger partial charge < -0.3 is 4.90 Å². The second kappa shape index (κ2) is 11.7. The van der Waals surface area contributed by atoms with Gasteiger partial charge in [-0.25, -0.2) is 0 Å². The van der Waals surface area contributed by atoms with Crippen LogP contribution in [0.15, 0.2) is 188 Å². The lowest BCUT2D eigenvalue weighted by Gasteiger charge is -2.32. The molecule has 0 bridgehead atoms. The van der Waals surface area contributed by atoms with Gasteiger partial charge in [-0.15, -0.1) is 0 Å². The number of anilines is 3. The Balaban J connectivity index is 1.30. The molecule has 10 aromatic carbocycles. The van der Waals surface area contributed by atoms with Gasteiger partial charge in [-0.2, -0.15) is 0 Å². The number of hydrogen-bond acceptors (Lipinski definition) is 1. The maximum absolute atomic E-state index is 2.59. The molecule has 0 saturated heterocycles. The van der Waals surface area contributed by atoms with Crippen LogP contribution in [0.2, 0.25) is 0 Å². The fourth-order valence-corrected chi connectivity index (χ4v) is 9.34. The largest absolute Gasteiger partial charge is 0.309 e. The van der Waals surface area contributed by atoms with Gasteiger partial charge in [-0.05, 0) is 107 Å². The lowest BCUT2D eigenvalue weighted by Crippen LogP contribution is -2.16. The number of hydrogen-bond donors (Lipinski definition) is 0. The normalized spacial score (nSPS) is 13.1. The first kappa shape index (κ1) is 30.9. The predicted molar refractivity (Wildman–Crippen MR) is 232 cm³/mol. The summed E-state index contributed by atoms with van der Waals surface area (Å²) in [4.78, 5) is 2.59. The summed E-state index contributed by atoms with van der Waals surface area (Å²) in [6, 6.07) is 70.0. The molecule has 0 saturated carbocycles. The Morgan fingerprint density at radius 1 is 0.333 bits per heavy atom. The molecular formula is C53H37N. The van der Waals surface area contributed by atoms with E-state index in [1.807, 2.05) is 0 Å². The van der Waals surface area contributed by atoms with E-state index in [0.29, 0.717) is 0 Å². The van der Waals surface area contributed by atoms with Crippen molar-refractivity contribution in [2.24, 2.45) is 0 Å². The molecular weight excluding hydrogens is 651 g/mol. The molecule has 0 unspecified atom stereocenters. The average Bonchev–Trinajstić information content (AvgIpc) is 3.45. The summed E-state index contributed by atoms with van der Waals surface area (Å²) in [5.74, 6) is 0. The maximum Gasteiger partial charge on any atom is 0.0547 e. The molecule has 0 radical (unpaired) electrons. The van der Waals surface area contributed by atoms with Crippen molar-refractivity contribution < 1.29 is 0 Å². The van der Waals surface area contributed by atoms with Crippen molar-refractivity contribution in [3.63, 3.8) is 0 Å². The van der Waals surface area contributed by atoms with Gasteiger partial charge in [0.25, 0.3) is 0 Å². The molecule has 0 fully saturated rings. The highest BCUT2D eigenvalue weighted by Crippen LogP contribution is 2.57. The highest BCUT2D eigenvalue weighted by atomic mass is 15.2. The average molecular weight is 688 g/mol. The predicted octanol–water partition coefficient (Wildman–Crippen LogP) is 14.9. The first-order chi connectivity index (χ1) is 26.5. The maximum atomic E-state index is 2.59. The van der Waals surface area contributed by atoms with Gasteiger partial charge >= 0.3 is 0 Å². The van der Waals surface area contributed by atoms with Gasteiger partial charge in [0.2, 0.25) is 0 Å². The second-order valence-electron chi connectivity index (χ2n) is 15.3. The van der Waals surface area contributed by atoms with E-state index in [4.69, 9.17) is 0 Å². The third-order valence-corrected chi connectivity index (χ3v) is 12.0. The minimum atomic E-state index is -0.174. The minimum absolute atomic E-state index is 0.174. The summed E-state index contributed by atoms with van der Waals surface area (Å²) in [5.41, 5.74) is 11.1. The molecule has 1 nitrogen and oxygen atoms in total. The molecule has 11 rings (SSSR count). The first-order valence-corrected chi connectivity index (χ1v) is 18.9. The zero-order valence-corrected chi connectivity index (χ0v) is 30.3. The van der Waals surface area contributed by atoms with E-state index in [0.717, 1.165) is 5.69 Å². The molecule has 54 heavy (non-hydrogen) atoms. The van der Waals surface area contributed by atoms with Crippen LogP contribution in [0.25, 0.3) is 76.1 Å². The first-order valence-electron chi connectivity index (χ1n) is 18.9. The highest BCUT2D eigenvalue weighted by Gasteiger charge is 2.39. The van der Waals surface area contributed by atoms with E-state index in [9.17, 15) is 0 Å². The number of benzene rings is 10. The monoisotopic (exact) mass is 687 g/mol. The van der Waals surface area contributed by atoms with Gasteiger partial charge in [0.1, 0.15) is 0 Å². The summed E-state index contributed by atoms with van der Waals surface area (Å²) in [6.45, 7) is 4.78. The second-order valence-corrected chi connectivity index (χ2v) is 15.3. The van der Waals surface area contributed by atoms with Crippen LogP contribution in [0, 0.1) is 0 Å². The van der Waals surface area contributed by atoms with Crippen molar-refractivity contribution in [1.82, 2.24) is 0 Å². The van der Waals surface area contributed by atoms with Crippen LogP contribution >= 0.6 is 0 Å². The van der Waals surface area contributed by atoms with Crippen molar-refractivity contribution in [3.8, 4) is 22.3 Å². The molecule has 1 aliphatic rings. The van der Waals surface area contributed by atoms with Crippen molar-refractivity contribution >= 4 is 70.9 Å². The quantitative estimate of drug-likeness (QED) is 0.167. The molecule has 0 amide bonds. The Kier molecular flexibility index (Phi) is 6.66. The summed E-state index contributed by atoms with van der Waals surface area (Å²) in [7, 11) is 0. The SMILES string of the molecule is CC1(C)c2cc3ccccc3cc2-c2c(N(c3ccc4ccccc4c3-c3ccc4ccccc4c3)c3cc4ccccc4c4ccccc34)cccc21. The van der Waals surface area contributed by atoms with E-state index in [1.54, 1.807) is 0 Å². The molecule has 0 spiro atoms. The zero-order chi connectivity index (χ0) is 36.0. The smallest absolute Gasteiger partial charge is 0.0547 e. The van der Waals surface area contributed by atoms with Crippen LogP contribution in [0.3, 0.4) is 0 Å². The fourth-order valence-electron chi connectivity index (χ4n) is 9.34. The van der Waals surface area contributed by atoms with E-state index in [1.165, 1.54) is 98.6 Å². The standard InChI is InChI=1S/C53H37N/c1-53(2)46-24-13-25-48(52(46)45-31-37-17-5-6-18-38(37)32-47(45)53)54(50-33-39-19-8-9-20-41(39)43-22-11-12-23-44(43)50)49-29-28-35-15-7-10-21-42(35)51(49)40-27-26-34-14-3-4-16-36(34)30-40/h3-33H,1-2H3. The molecule has 0 aliphatic heterocycles. The molecule has 1 aliphatic carbocycles. The molecule has 1 heteroatoms. The van der Waals surface area contributed by atoms with Gasteiger partial charge in [0.15, 0.2) is 0 Å². The summed E-state index contributed by atoms with van der Waals surface area (Å²) < 4.78 is 0. The van der Waals surface area contributed by atoms with Crippen LogP contribution in [-0.4, -0.2) is 0 Å². The fraction of sp³-hybridized carbons (Fsp3) is 0.0566. The van der Waals surface area contributed by atoms with E-state index in [-0.39, 0.29) is 5.41 Å². The van der Waals surface area contributed by atoms with Crippen molar-refractivity contribution in [1.29, 1.82) is 0 Å². The van der Waals surface area contributed by atoms with Gasteiger partial charge in [-0.1, -0.05) is 166 Å². The third-order valence-electron chi connectivity index (χ3n) is 12.0. The van der Waals surface area contributed by atoms with Crippen LogP contribution in [0.1, 0.15) is 25.0 Å². The summed E-state index contributed by atoms with van der Waals surface area (Å²) in [5, 5.41) is 12.5. The number of fused-ring (bicyclic) bond motifs is 9. The van der Waals surface area contributed by atoms with Crippen LogP contribution in [-0.2, 0) is 5.41 Å². The van der Waals surface area contributed by atoms with Crippen LogP contribution in [0.5, 0.6) is 0 Å². The third kappa shape index (κ3) is 4.52. The topological polar surface area (TPSA) is 3.24 Å². The van der Waals surface area contributed by atoms with Crippen molar-refractivity contribution in [2.45, 2.75) is 19.3 Å².